The van der Waals surface area contributed by atoms with Crippen molar-refractivity contribution in [3.63, 3.8) is 0 Å². The van der Waals surface area contributed by atoms with Crippen molar-refractivity contribution >= 4 is 23.3 Å². The van der Waals surface area contributed by atoms with Gasteiger partial charge in [0.25, 0.3) is 0 Å². The van der Waals surface area contributed by atoms with E-state index in [2.05, 4.69) is 20.8 Å². The zero-order valence-corrected chi connectivity index (χ0v) is 18.7. The van der Waals surface area contributed by atoms with E-state index in [1.807, 2.05) is 30.3 Å². The molecule has 1 aromatic heterocycles. The quantitative estimate of drug-likeness (QED) is 0.384. The number of anilines is 1. The van der Waals surface area contributed by atoms with Gasteiger partial charge in [-0.05, 0) is 42.0 Å². The van der Waals surface area contributed by atoms with Gasteiger partial charge in [0.15, 0.2) is 0 Å². The summed E-state index contributed by atoms with van der Waals surface area (Å²) >= 11 is 5.96. The monoisotopic (exact) mass is 464 g/mol. The summed E-state index contributed by atoms with van der Waals surface area (Å²) in [6.45, 7) is 0. The summed E-state index contributed by atoms with van der Waals surface area (Å²) in [6, 6.07) is 20.3. The average Bonchev–Trinajstić information content (AvgIpc) is 3.33. The molecule has 4 rings (SSSR count). The van der Waals surface area contributed by atoms with Crippen LogP contribution in [0.2, 0.25) is 5.02 Å². The molecule has 0 bridgehead atoms. The van der Waals surface area contributed by atoms with Crippen LogP contribution in [0.4, 0.5) is 10.5 Å². The molecular weight excluding hydrogens is 444 g/mol. The third-order valence-electron chi connectivity index (χ3n) is 4.84. The van der Waals surface area contributed by atoms with Crippen LogP contribution in [0.1, 0.15) is 17.5 Å². The second-order valence-electron chi connectivity index (χ2n) is 6.96. The van der Waals surface area contributed by atoms with E-state index < -0.39 is 12.1 Å². The van der Waals surface area contributed by atoms with Gasteiger partial charge in [-0.3, -0.25) is 0 Å². The number of carbonyl (C=O) groups excluding carboxylic acids is 1. The van der Waals surface area contributed by atoms with Gasteiger partial charge < -0.3 is 24.5 Å². The van der Waals surface area contributed by atoms with Gasteiger partial charge in [0.2, 0.25) is 11.8 Å². The Balaban J connectivity index is 1.60. The molecule has 0 aliphatic rings. The topological polar surface area (TPSA) is 98.5 Å². The van der Waals surface area contributed by atoms with Crippen molar-refractivity contribution in [2.75, 3.05) is 19.5 Å². The summed E-state index contributed by atoms with van der Waals surface area (Å²) in [4.78, 5) is 12.9. The lowest BCUT2D eigenvalue weighted by atomic mass is 10.1. The largest absolute Gasteiger partial charge is 0.497 e. The summed E-state index contributed by atoms with van der Waals surface area (Å²) in [5.41, 5.74) is 1.95. The van der Waals surface area contributed by atoms with Crippen LogP contribution in [0.25, 0.3) is 11.5 Å². The second kappa shape index (κ2) is 10.1. The van der Waals surface area contributed by atoms with E-state index in [1.165, 1.54) is 7.11 Å². The van der Waals surface area contributed by atoms with E-state index in [4.69, 9.17) is 25.5 Å². The summed E-state index contributed by atoms with van der Waals surface area (Å²) in [5, 5.41) is 14.6. The number of urea groups is 1. The number of benzene rings is 3. The highest BCUT2D eigenvalue weighted by atomic mass is 35.5. The molecule has 4 aromatic rings. The molecule has 0 saturated heterocycles. The first-order chi connectivity index (χ1) is 16.1. The SMILES string of the molecule is COc1ccc(OC)c(NC(=O)N[C@H](c2ccccc2)c2nnc(-c3ccc(Cl)cc3)o2)c1. The van der Waals surface area contributed by atoms with Crippen molar-refractivity contribution in [2.45, 2.75) is 6.04 Å². The molecule has 9 heteroatoms. The molecule has 0 aliphatic heterocycles. The Kier molecular flexibility index (Phi) is 6.75. The van der Waals surface area contributed by atoms with Gasteiger partial charge in [0.05, 0.1) is 19.9 Å². The molecule has 2 amide bonds. The van der Waals surface area contributed by atoms with Crippen LogP contribution in [0.5, 0.6) is 11.5 Å². The minimum absolute atomic E-state index is 0.235. The molecule has 33 heavy (non-hydrogen) atoms. The fourth-order valence-corrected chi connectivity index (χ4v) is 3.32. The lowest BCUT2D eigenvalue weighted by Crippen LogP contribution is -2.33. The van der Waals surface area contributed by atoms with Gasteiger partial charge in [-0.2, -0.15) is 0 Å². The van der Waals surface area contributed by atoms with Gasteiger partial charge in [0, 0.05) is 16.7 Å². The molecule has 0 fully saturated rings. The van der Waals surface area contributed by atoms with Gasteiger partial charge in [-0.25, -0.2) is 4.79 Å². The fraction of sp³-hybridized carbons (Fsp3) is 0.125. The Morgan fingerprint density at radius 3 is 2.42 bits per heavy atom. The predicted molar refractivity (Wildman–Crippen MR) is 125 cm³/mol. The van der Waals surface area contributed by atoms with Crippen LogP contribution in [-0.2, 0) is 0 Å². The third-order valence-corrected chi connectivity index (χ3v) is 5.09. The number of methoxy groups -OCH3 is 2. The number of hydrogen-bond acceptors (Lipinski definition) is 6. The molecule has 0 aliphatic carbocycles. The van der Waals surface area contributed by atoms with E-state index in [1.54, 1.807) is 49.6 Å². The number of amides is 2. The highest BCUT2D eigenvalue weighted by molar-refractivity contribution is 6.30. The van der Waals surface area contributed by atoms with Gasteiger partial charge in [-0.1, -0.05) is 41.9 Å². The molecule has 0 spiro atoms. The summed E-state index contributed by atoms with van der Waals surface area (Å²) in [7, 11) is 3.07. The normalized spacial score (nSPS) is 11.5. The standard InChI is InChI=1S/C24H21ClN4O4/c1-31-18-12-13-20(32-2)19(14-18)26-24(30)27-21(15-6-4-3-5-7-15)23-29-28-22(33-23)16-8-10-17(25)11-9-16/h3-14,21H,1-2H3,(H2,26,27,30)/t21-/m1/s1. The highest BCUT2D eigenvalue weighted by Crippen LogP contribution is 2.30. The van der Waals surface area contributed by atoms with Crippen molar-refractivity contribution in [3.8, 4) is 23.0 Å². The van der Waals surface area contributed by atoms with E-state index in [9.17, 15) is 4.79 Å². The zero-order valence-electron chi connectivity index (χ0n) is 17.9. The molecule has 1 heterocycles. The van der Waals surface area contributed by atoms with Crippen molar-refractivity contribution in [2.24, 2.45) is 0 Å². The van der Waals surface area contributed by atoms with Crippen molar-refractivity contribution in [1.29, 1.82) is 0 Å². The molecule has 2 N–H and O–H groups in total. The van der Waals surface area contributed by atoms with Gasteiger partial charge in [0.1, 0.15) is 17.5 Å². The average molecular weight is 465 g/mol. The maximum Gasteiger partial charge on any atom is 0.320 e. The Bertz CT molecular complexity index is 1230. The molecule has 168 valence electrons. The van der Waals surface area contributed by atoms with Gasteiger partial charge >= 0.3 is 6.03 Å². The zero-order chi connectivity index (χ0) is 23.2. The Labute approximate surface area is 195 Å². The summed E-state index contributed by atoms with van der Waals surface area (Å²) in [5.74, 6) is 1.62. The first-order valence-electron chi connectivity index (χ1n) is 10.0. The Morgan fingerprint density at radius 2 is 1.73 bits per heavy atom. The lowest BCUT2D eigenvalue weighted by molar-refractivity contribution is 0.248. The smallest absolute Gasteiger partial charge is 0.320 e. The molecule has 1 atom stereocenters. The third kappa shape index (κ3) is 5.24. The summed E-state index contributed by atoms with van der Waals surface area (Å²) < 4.78 is 16.5. The maximum absolute atomic E-state index is 12.9. The number of aromatic nitrogens is 2. The minimum atomic E-state index is -0.684. The van der Waals surface area contributed by atoms with Crippen LogP contribution in [0.15, 0.2) is 77.2 Å². The maximum atomic E-state index is 12.9. The number of rotatable bonds is 7. The minimum Gasteiger partial charge on any atom is -0.497 e. The van der Waals surface area contributed by atoms with E-state index >= 15 is 0 Å². The first kappa shape index (κ1) is 22.2. The van der Waals surface area contributed by atoms with E-state index in [-0.39, 0.29) is 5.89 Å². The van der Waals surface area contributed by atoms with Crippen molar-refractivity contribution in [1.82, 2.24) is 15.5 Å². The molecule has 0 unspecified atom stereocenters. The fourth-order valence-electron chi connectivity index (χ4n) is 3.19. The first-order valence-corrected chi connectivity index (χ1v) is 10.4. The van der Waals surface area contributed by atoms with Crippen LogP contribution in [0, 0.1) is 0 Å². The van der Waals surface area contributed by atoms with Crippen LogP contribution >= 0.6 is 11.6 Å². The highest BCUT2D eigenvalue weighted by Gasteiger charge is 2.24. The summed E-state index contributed by atoms with van der Waals surface area (Å²) in [6.07, 6.45) is 0. The van der Waals surface area contributed by atoms with Gasteiger partial charge in [-0.15, -0.1) is 10.2 Å². The number of hydrogen-bond donors (Lipinski definition) is 2. The predicted octanol–water partition coefficient (Wildman–Crippen LogP) is 5.32. The molecular formula is C24H21ClN4O4. The second-order valence-corrected chi connectivity index (χ2v) is 7.40. The van der Waals surface area contributed by atoms with Crippen LogP contribution in [0.3, 0.4) is 0 Å². The Morgan fingerprint density at radius 1 is 0.970 bits per heavy atom. The van der Waals surface area contributed by atoms with Crippen LogP contribution in [-0.4, -0.2) is 30.4 Å². The molecule has 3 aromatic carbocycles. The van der Waals surface area contributed by atoms with Crippen molar-refractivity contribution in [3.05, 3.63) is 89.3 Å². The number of nitrogens with one attached hydrogen (secondary N) is 2. The van der Waals surface area contributed by atoms with Crippen LogP contribution < -0.4 is 20.1 Å². The number of nitrogens with zero attached hydrogens (tertiary/aromatic N) is 2. The molecule has 0 radical (unpaired) electrons. The number of ether oxygens (including phenoxy) is 2. The number of carbonyl (C=O) groups is 1. The lowest BCUT2D eigenvalue weighted by Gasteiger charge is -2.17. The van der Waals surface area contributed by atoms with Crippen molar-refractivity contribution < 1.29 is 18.7 Å². The van der Waals surface area contributed by atoms with E-state index in [0.717, 1.165) is 11.1 Å². The van der Waals surface area contributed by atoms with E-state index in [0.29, 0.717) is 28.1 Å². The Hall–Kier alpha value is -4.04. The molecule has 0 saturated carbocycles. The number of halogens is 1. The molecule has 8 nitrogen and oxygen atoms in total.